The first-order valence-electron chi connectivity index (χ1n) is 11.1. The minimum Gasteiger partial charge on any atom is -0.465 e. The molecule has 31 heavy (non-hydrogen) atoms. The highest BCUT2D eigenvalue weighted by Gasteiger charge is 2.28. The molecule has 7 heteroatoms. The lowest BCUT2D eigenvalue weighted by atomic mass is 9.81. The highest BCUT2D eigenvalue weighted by atomic mass is 28.3. The molecule has 1 aromatic heterocycles. The lowest BCUT2D eigenvalue weighted by molar-refractivity contribution is 0.123. The van der Waals surface area contributed by atoms with Gasteiger partial charge >= 0.3 is 6.09 Å². The summed E-state index contributed by atoms with van der Waals surface area (Å²) in [5, 5.41) is 14.7. The Hall–Kier alpha value is -2.12. The molecule has 2 aromatic rings. The number of nitrogens with zero attached hydrogens (tertiary/aromatic N) is 2. The molecule has 1 amide bonds. The van der Waals surface area contributed by atoms with Gasteiger partial charge in [-0.3, -0.25) is 0 Å². The number of aryl methyl sites for hydroxylation is 1. The van der Waals surface area contributed by atoms with E-state index in [0.717, 1.165) is 59.0 Å². The summed E-state index contributed by atoms with van der Waals surface area (Å²) in [5.74, 6) is 0.512. The van der Waals surface area contributed by atoms with E-state index in [0.29, 0.717) is 25.6 Å². The van der Waals surface area contributed by atoms with Crippen molar-refractivity contribution in [2.75, 3.05) is 13.1 Å². The third-order valence-electron chi connectivity index (χ3n) is 6.09. The van der Waals surface area contributed by atoms with Gasteiger partial charge in [0, 0.05) is 18.7 Å². The van der Waals surface area contributed by atoms with Gasteiger partial charge < -0.3 is 19.0 Å². The molecule has 1 aliphatic rings. The van der Waals surface area contributed by atoms with Crippen LogP contribution in [-0.2, 0) is 22.9 Å². The number of aromatic nitrogens is 1. The van der Waals surface area contributed by atoms with Gasteiger partial charge in [-0.05, 0) is 67.3 Å². The van der Waals surface area contributed by atoms with Crippen molar-refractivity contribution in [3.8, 4) is 0 Å². The molecule has 0 saturated carbocycles. The molecule has 1 radical (unpaired) electrons. The van der Waals surface area contributed by atoms with E-state index in [1.54, 1.807) is 0 Å². The SMILES string of the molecule is C=Cc1cc(CO[Si](C)C)c2c(CCC3CCN(C(=O)O)CC3)noc2c1C(C)(C)C. The monoisotopic (exact) mass is 443 g/mol. The van der Waals surface area contributed by atoms with E-state index in [2.05, 4.69) is 51.7 Å². The van der Waals surface area contributed by atoms with E-state index >= 15 is 0 Å². The Morgan fingerprint density at radius 3 is 2.61 bits per heavy atom. The Kier molecular flexibility index (Phi) is 7.26. The van der Waals surface area contributed by atoms with Crippen molar-refractivity contribution in [2.45, 2.75) is 71.6 Å². The normalized spacial score (nSPS) is 15.7. The molecule has 0 bridgehead atoms. The number of amides is 1. The Bertz CT molecular complexity index is 937. The van der Waals surface area contributed by atoms with E-state index in [4.69, 9.17) is 14.1 Å². The first-order valence-corrected chi connectivity index (χ1v) is 13.5. The van der Waals surface area contributed by atoms with Crippen LogP contribution in [0.1, 0.15) is 62.4 Å². The van der Waals surface area contributed by atoms with Crippen molar-refractivity contribution >= 4 is 32.2 Å². The van der Waals surface area contributed by atoms with Crippen LogP contribution in [0.4, 0.5) is 4.79 Å². The fraction of sp³-hybridized carbons (Fsp3) is 0.583. The lowest BCUT2D eigenvalue weighted by Crippen LogP contribution is -2.37. The summed E-state index contributed by atoms with van der Waals surface area (Å²) in [6.45, 7) is 16.6. The number of hydrogen-bond acceptors (Lipinski definition) is 4. The third kappa shape index (κ3) is 5.38. The van der Waals surface area contributed by atoms with Gasteiger partial charge in [-0.25, -0.2) is 4.79 Å². The molecular weight excluding hydrogens is 408 g/mol. The molecule has 1 aromatic carbocycles. The number of hydrogen-bond donors (Lipinski definition) is 1. The van der Waals surface area contributed by atoms with Gasteiger partial charge in [-0.15, -0.1) is 0 Å². The summed E-state index contributed by atoms with van der Waals surface area (Å²) in [7, 11) is -0.824. The second kappa shape index (κ2) is 9.57. The number of likely N-dealkylation sites (tertiary alicyclic amines) is 1. The number of piperidine rings is 1. The van der Waals surface area contributed by atoms with Gasteiger partial charge in [0.1, 0.15) is 0 Å². The predicted molar refractivity (Wildman–Crippen MR) is 126 cm³/mol. The Morgan fingerprint density at radius 2 is 2.06 bits per heavy atom. The van der Waals surface area contributed by atoms with Crippen LogP contribution in [0.15, 0.2) is 17.2 Å². The third-order valence-corrected chi connectivity index (χ3v) is 6.81. The average molecular weight is 444 g/mol. The van der Waals surface area contributed by atoms with Crippen molar-refractivity contribution < 1.29 is 18.9 Å². The summed E-state index contributed by atoms with van der Waals surface area (Å²) in [6, 6.07) is 2.19. The van der Waals surface area contributed by atoms with Crippen molar-refractivity contribution in [2.24, 2.45) is 5.92 Å². The van der Waals surface area contributed by atoms with Crippen LogP contribution in [0.5, 0.6) is 0 Å². The van der Waals surface area contributed by atoms with Crippen LogP contribution in [0.25, 0.3) is 17.0 Å². The molecule has 0 unspecified atom stereocenters. The highest BCUT2D eigenvalue weighted by Crippen LogP contribution is 2.38. The van der Waals surface area contributed by atoms with E-state index in [1.165, 1.54) is 4.90 Å². The van der Waals surface area contributed by atoms with Crippen molar-refractivity contribution in [3.05, 3.63) is 35.0 Å². The largest absolute Gasteiger partial charge is 0.465 e. The molecule has 3 rings (SSSR count). The topological polar surface area (TPSA) is 75.8 Å². The molecule has 0 spiro atoms. The zero-order valence-electron chi connectivity index (χ0n) is 19.5. The second-order valence-electron chi connectivity index (χ2n) is 9.74. The Labute approximate surface area is 187 Å². The maximum Gasteiger partial charge on any atom is 0.407 e. The predicted octanol–water partition coefficient (Wildman–Crippen LogP) is 5.86. The van der Waals surface area contributed by atoms with Crippen LogP contribution in [0, 0.1) is 5.92 Å². The summed E-state index contributed by atoms with van der Waals surface area (Å²) in [6.07, 6.45) is 4.70. The first-order chi connectivity index (χ1) is 14.6. The average Bonchev–Trinajstić information content (AvgIpc) is 3.13. The fourth-order valence-corrected chi connectivity index (χ4v) is 4.93. The minimum absolute atomic E-state index is 0.105. The van der Waals surface area contributed by atoms with E-state index in [9.17, 15) is 4.79 Å². The highest BCUT2D eigenvalue weighted by molar-refractivity contribution is 6.48. The van der Waals surface area contributed by atoms with Gasteiger partial charge in [0.05, 0.1) is 17.7 Å². The van der Waals surface area contributed by atoms with Gasteiger partial charge in [0.25, 0.3) is 0 Å². The van der Waals surface area contributed by atoms with Crippen molar-refractivity contribution in [3.63, 3.8) is 0 Å². The van der Waals surface area contributed by atoms with E-state index in [1.807, 2.05) is 6.08 Å². The maximum absolute atomic E-state index is 11.2. The maximum atomic E-state index is 11.2. The second-order valence-corrected chi connectivity index (χ2v) is 11.8. The number of rotatable bonds is 7. The molecule has 1 aliphatic heterocycles. The summed E-state index contributed by atoms with van der Waals surface area (Å²) in [4.78, 5) is 12.7. The van der Waals surface area contributed by atoms with Crippen molar-refractivity contribution in [1.82, 2.24) is 10.1 Å². The first kappa shape index (κ1) is 23.5. The van der Waals surface area contributed by atoms with Gasteiger partial charge in [0.2, 0.25) is 9.04 Å². The van der Waals surface area contributed by atoms with E-state index in [-0.39, 0.29) is 5.41 Å². The molecular formula is C24H35N2O4Si. The smallest absolute Gasteiger partial charge is 0.407 e. The quantitative estimate of drug-likeness (QED) is 0.543. The number of carboxylic acid groups (broad SMARTS) is 1. The number of benzene rings is 1. The van der Waals surface area contributed by atoms with Crippen molar-refractivity contribution in [1.29, 1.82) is 0 Å². The standard InChI is InChI=1S/C24H35N2O4Si/c1-7-17-14-18(15-29-31(5)6)20-19(25-30-22(20)21(17)24(2,3)4)9-8-16-10-12-26(13-11-16)23(27)28/h7,14,16H,1,8-13,15H2,2-6H3,(H,27,28). The number of fused-ring (bicyclic) bond motifs is 1. The van der Waals surface area contributed by atoms with Crippen LogP contribution in [-0.4, -0.2) is 43.4 Å². The molecule has 0 aliphatic carbocycles. The van der Waals surface area contributed by atoms with Gasteiger partial charge in [-0.1, -0.05) is 38.6 Å². The van der Waals surface area contributed by atoms with Crippen LogP contribution < -0.4 is 0 Å². The molecule has 169 valence electrons. The molecule has 1 saturated heterocycles. The number of carbonyl (C=O) groups is 1. The fourth-order valence-electron chi connectivity index (χ4n) is 4.48. The zero-order valence-corrected chi connectivity index (χ0v) is 20.5. The zero-order chi connectivity index (χ0) is 22.8. The van der Waals surface area contributed by atoms with Gasteiger partial charge in [0.15, 0.2) is 5.58 Å². The molecule has 6 nitrogen and oxygen atoms in total. The molecule has 0 atom stereocenters. The summed E-state index contributed by atoms with van der Waals surface area (Å²) in [5.41, 5.74) is 5.04. The minimum atomic E-state index is -0.824. The van der Waals surface area contributed by atoms with Gasteiger partial charge in [-0.2, -0.15) is 0 Å². The molecule has 1 N–H and O–H groups in total. The summed E-state index contributed by atoms with van der Waals surface area (Å²) >= 11 is 0. The Morgan fingerprint density at radius 1 is 1.39 bits per heavy atom. The van der Waals surface area contributed by atoms with E-state index < -0.39 is 15.1 Å². The summed E-state index contributed by atoms with van der Waals surface area (Å²) < 4.78 is 12.0. The molecule has 1 fully saturated rings. The molecule has 2 heterocycles. The van der Waals surface area contributed by atoms with Crippen LogP contribution >= 0.6 is 0 Å². The van der Waals surface area contributed by atoms with Crippen LogP contribution in [0.3, 0.4) is 0 Å². The Balaban J connectivity index is 1.91. The lowest BCUT2D eigenvalue weighted by Gasteiger charge is -2.29. The van der Waals surface area contributed by atoms with Crippen LogP contribution in [0.2, 0.25) is 13.1 Å².